The SMILES string of the molecule is CCc1nc(N)cc(Oc2cc(Cl)c(Cl)cc2Cl)n1. The lowest BCUT2D eigenvalue weighted by molar-refractivity contribution is 0.459. The van der Waals surface area contributed by atoms with Crippen LogP contribution in [0.3, 0.4) is 0 Å². The van der Waals surface area contributed by atoms with Gasteiger partial charge in [0.2, 0.25) is 5.88 Å². The van der Waals surface area contributed by atoms with Gasteiger partial charge in [-0.1, -0.05) is 41.7 Å². The molecule has 0 aliphatic rings. The van der Waals surface area contributed by atoms with Crippen LogP contribution >= 0.6 is 34.8 Å². The summed E-state index contributed by atoms with van der Waals surface area (Å²) in [6.07, 6.45) is 0.649. The third-order valence-corrected chi connectivity index (χ3v) is 3.29. The average molecular weight is 319 g/mol. The number of halogens is 3. The first-order chi connectivity index (χ1) is 8.99. The van der Waals surface area contributed by atoms with Crippen LogP contribution in [0.1, 0.15) is 12.7 Å². The Hall–Kier alpha value is -1.23. The number of ether oxygens (including phenoxy) is 1. The molecule has 1 heterocycles. The third-order valence-electron chi connectivity index (χ3n) is 2.27. The molecule has 0 amide bonds. The van der Waals surface area contributed by atoms with Gasteiger partial charge in [0.1, 0.15) is 17.4 Å². The fourth-order valence-electron chi connectivity index (χ4n) is 1.40. The van der Waals surface area contributed by atoms with Crippen LogP contribution in [0.25, 0.3) is 0 Å². The molecule has 0 aliphatic heterocycles. The molecule has 4 nitrogen and oxygen atoms in total. The highest BCUT2D eigenvalue weighted by atomic mass is 35.5. The minimum Gasteiger partial charge on any atom is -0.437 e. The minimum absolute atomic E-state index is 0.310. The molecule has 0 aliphatic carbocycles. The molecule has 0 fully saturated rings. The fourth-order valence-corrected chi connectivity index (χ4v) is 1.97. The van der Waals surface area contributed by atoms with Gasteiger partial charge in [-0.15, -0.1) is 0 Å². The highest BCUT2D eigenvalue weighted by molar-refractivity contribution is 6.43. The van der Waals surface area contributed by atoms with Crippen LogP contribution in [0.5, 0.6) is 11.6 Å². The first kappa shape index (κ1) is 14.2. The van der Waals surface area contributed by atoms with Crippen LogP contribution in [-0.2, 0) is 6.42 Å². The molecule has 0 bridgehead atoms. The predicted octanol–water partition coefficient (Wildman–Crippen LogP) is 4.37. The van der Waals surface area contributed by atoms with Gasteiger partial charge in [0.05, 0.1) is 15.1 Å². The highest BCUT2D eigenvalue weighted by Crippen LogP contribution is 2.36. The summed E-state index contributed by atoms with van der Waals surface area (Å²) in [4.78, 5) is 8.25. The molecule has 7 heteroatoms. The van der Waals surface area contributed by atoms with E-state index in [-0.39, 0.29) is 0 Å². The Kier molecular flexibility index (Phi) is 4.34. The molecular formula is C12H10Cl3N3O. The smallest absolute Gasteiger partial charge is 0.224 e. The Morgan fingerprint density at radius 3 is 2.42 bits per heavy atom. The van der Waals surface area contributed by atoms with Gasteiger partial charge in [-0.05, 0) is 6.07 Å². The number of aryl methyl sites for hydroxylation is 1. The van der Waals surface area contributed by atoms with Crippen LogP contribution in [-0.4, -0.2) is 9.97 Å². The molecule has 0 radical (unpaired) electrons. The van der Waals surface area contributed by atoms with Gasteiger partial charge >= 0.3 is 0 Å². The zero-order valence-electron chi connectivity index (χ0n) is 9.95. The summed E-state index contributed by atoms with van der Waals surface area (Å²) in [7, 11) is 0. The van der Waals surface area contributed by atoms with Crippen molar-refractivity contribution in [1.82, 2.24) is 9.97 Å². The van der Waals surface area contributed by atoms with Crippen molar-refractivity contribution in [3.8, 4) is 11.6 Å². The van der Waals surface area contributed by atoms with Crippen molar-refractivity contribution in [2.75, 3.05) is 5.73 Å². The monoisotopic (exact) mass is 317 g/mol. The number of nitrogen functional groups attached to an aromatic ring is 1. The first-order valence-corrected chi connectivity index (χ1v) is 6.58. The number of benzene rings is 1. The molecule has 1 aromatic carbocycles. The van der Waals surface area contributed by atoms with Gasteiger partial charge in [0.25, 0.3) is 0 Å². The summed E-state index contributed by atoms with van der Waals surface area (Å²) >= 11 is 17.8. The van der Waals surface area contributed by atoms with Crippen LogP contribution in [0, 0.1) is 0 Å². The number of hydrogen-bond donors (Lipinski definition) is 1. The Labute approximate surface area is 125 Å². The standard InChI is InChI=1S/C12H10Cl3N3O/c1-2-11-17-10(16)5-12(18-11)19-9-4-7(14)6(13)3-8(9)15/h3-5H,2H2,1H3,(H2,16,17,18). The minimum atomic E-state index is 0.310. The summed E-state index contributed by atoms with van der Waals surface area (Å²) in [5, 5.41) is 1.04. The maximum Gasteiger partial charge on any atom is 0.224 e. The quantitative estimate of drug-likeness (QED) is 0.853. The van der Waals surface area contributed by atoms with E-state index in [1.165, 1.54) is 18.2 Å². The van der Waals surface area contributed by atoms with E-state index < -0.39 is 0 Å². The van der Waals surface area contributed by atoms with Crippen LogP contribution < -0.4 is 10.5 Å². The van der Waals surface area contributed by atoms with Crippen molar-refractivity contribution in [2.45, 2.75) is 13.3 Å². The largest absolute Gasteiger partial charge is 0.437 e. The Morgan fingerprint density at radius 2 is 1.74 bits per heavy atom. The van der Waals surface area contributed by atoms with Crippen molar-refractivity contribution < 1.29 is 4.74 Å². The molecule has 0 atom stereocenters. The first-order valence-electron chi connectivity index (χ1n) is 5.45. The summed E-state index contributed by atoms with van der Waals surface area (Å²) in [5.41, 5.74) is 5.67. The van der Waals surface area contributed by atoms with E-state index in [9.17, 15) is 0 Å². The van der Waals surface area contributed by atoms with Gasteiger partial charge in [-0.2, -0.15) is 4.98 Å². The maximum atomic E-state index is 6.02. The Bertz CT molecular complexity index is 619. The normalized spacial score (nSPS) is 10.5. The number of rotatable bonds is 3. The average Bonchev–Trinajstić information content (AvgIpc) is 2.35. The van der Waals surface area contributed by atoms with Crippen LogP contribution in [0.4, 0.5) is 5.82 Å². The van der Waals surface area contributed by atoms with Gasteiger partial charge < -0.3 is 10.5 Å². The number of anilines is 1. The number of aromatic nitrogens is 2. The maximum absolute atomic E-state index is 6.02. The lowest BCUT2D eigenvalue weighted by Gasteiger charge is -2.09. The lowest BCUT2D eigenvalue weighted by atomic mass is 10.3. The van der Waals surface area contributed by atoms with Gasteiger partial charge in [-0.3, -0.25) is 0 Å². The number of hydrogen-bond acceptors (Lipinski definition) is 4. The Balaban J connectivity index is 2.36. The van der Waals surface area contributed by atoms with Gasteiger partial charge in [0.15, 0.2) is 0 Å². The van der Waals surface area contributed by atoms with Crippen molar-refractivity contribution in [1.29, 1.82) is 0 Å². The molecule has 1 aromatic heterocycles. The predicted molar refractivity (Wildman–Crippen MR) is 77.4 cm³/mol. The molecule has 100 valence electrons. The van der Waals surface area contributed by atoms with E-state index in [0.29, 0.717) is 44.8 Å². The molecule has 2 aromatic rings. The molecular weight excluding hydrogens is 309 g/mol. The van der Waals surface area contributed by atoms with E-state index in [4.69, 9.17) is 45.3 Å². The van der Waals surface area contributed by atoms with Gasteiger partial charge in [0, 0.05) is 18.6 Å². The molecule has 19 heavy (non-hydrogen) atoms. The number of nitrogens with two attached hydrogens (primary N) is 1. The zero-order valence-corrected chi connectivity index (χ0v) is 12.2. The fraction of sp³-hybridized carbons (Fsp3) is 0.167. The molecule has 2 rings (SSSR count). The summed E-state index contributed by atoms with van der Waals surface area (Å²) in [6, 6.07) is 4.54. The van der Waals surface area contributed by atoms with E-state index in [1.807, 2.05) is 6.92 Å². The lowest BCUT2D eigenvalue weighted by Crippen LogP contribution is -2.00. The molecule has 0 saturated heterocycles. The second kappa shape index (κ2) is 5.82. The zero-order chi connectivity index (χ0) is 14.0. The molecule has 0 unspecified atom stereocenters. The van der Waals surface area contributed by atoms with Crippen LogP contribution in [0.2, 0.25) is 15.1 Å². The Morgan fingerprint density at radius 1 is 1.05 bits per heavy atom. The molecule has 0 spiro atoms. The van der Waals surface area contributed by atoms with Crippen molar-refractivity contribution in [2.24, 2.45) is 0 Å². The van der Waals surface area contributed by atoms with Crippen molar-refractivity contribution in [3.63, 3.8) is 0 Å². The molecule has 2 N–H and O–H groups in total. The number of nitrogens with zero attached hydrogens (tertiary/aromatic N) is 2. The topological polar surface area (TPSA) is 61.0 Å². The second-order valence-electron chi connectivity index (χ2n) is 3.70. The summed E-state index contributed by atoms with van der Waals surface area (Å²) < 4.78 is 5.56. The third kappa shape index (κ3) is 3.41. The van der Waals surface area contributed by atoms with E-state index in [1.54, 1.807) is 0 Å². The molecule has 0 saturated carbocycles. The summed E-state index contributed by atoms with van der Waals surface area (Å²) in [5.74, 6) is 1.59. The van der Waals surface area contributed by atoms with Crippen molar-refractivity contribution >= 4 is 40.6 Å². The van der Waals surface area contributed by atoms with Crippen molar-refractivity contribution in [3.05, 3.63) is 39.1 Å². The van der Waals surface area contributed by atoms with E-state index in [2.05, 4.69) is 9.97 Å². The van der Waals surface area contributed by atoms with Crippen LogP contribution in [0.15, 0.2) is 18.2 Å². The summed E-state index contributed by atoms with van der Waals surface area (Å²) in [6.45, 7) is 1.92. The van der Waals surface area contributed by atoms with E-state index >= 15 is 0 Å². The second-order valence-corrected chi connectivity index (χ2v) is 4.92. The van der Waals surface area contributed by atoms with E-state index in [0.717, 1.165) is 0 Å². The highest BCUT2D eigenvalue weighted by Gasteiger charge is 2.10. The van der Waals surface area contributed by atoms with Gasteiger partial charge in [-0.25, -0.2) is 4.98 Å².